The molecular weight excluding hydrogens is 480 g/mol. The van der Waals surface area contributed by atoms with Crippen LogP contribution < -0.4 is 10.6 Å². The van der Waals surface area contributed by atoms with Crippen LogP contribution in [0.2, 0.25) is 0 Å². The summed E-state index contributed by atoms with van der Waals surface area (Å²) in [6, 6.07) is 23.5. The largest absolute Gasteiger partial charge is 0.445 e. The third kappa shape index (κ3) is 6.73. The van der Waals surface area contributed by atoms with Gasteiger partial charge in [0.2, 0.25) is 5.91 Å². The number of nitro benzene ring substituents is 1. The summed E-state index contributed by atoms with van der Waals surface area (Å²) in [5.41, 5.74) is 3.01. The number of thiazole rings is 1. The molecule has 9 nitrogen and oxygen atoms in total. The van der Waals surface area contributed by atoms with Crippen molar-refractivity contribution in [2.75, 3.05) is 5.32 Å². The molecule has 10 heteroatoms. The monoisotopic (exact) mass is 502 g/mol. The predicted molar refractivity (Wildman–Crippen MR) is 137 cm³/mol. The molecule has 2 amide bonds. The van der Waals surface area contributed by atoms with Crippen LogP contribution in [0.5, 0.6) is 0 Å². The lowest BCUT2D eigenvalue weighted by Crippen LogP contribution is -2.45. The zero-order chi connectivity index (χ0) is 25.3. The minimum atomic E-state index is -1.00. The van der Waals surface area contributed by atoms with E-state index in [-0.39, 0.29) is 18.7 Å². The van der Waals surface area contributed by atoms with Crippen LogP contribution in [0, 0.1) is 10.1 Å². The first-order valence-corrected chi connectivity index (χ1v) is 11.9. The van der Waals surface area contributed by atoms with Gasteiger partial charge in [0.05, 0.1) is 10.6 Å². The molecule has 0 radical (unpaired) electrons. The fourth-order valence-corrected chi connectivity index (χ4v) is 4.09. The number of amides is 2. The molecule has 0 bridgehead atoms. The van der Waals surface area contributed by atoms with E-state index in [9.17, 15) is 19.7 Å². The third-order valence-electron chi connectivity index (χ3n) is 5.21. The van der Waals surface area contributed by atoms with Crippen LogP contribution in [-0.2, 0) is 22.6 Å². The lowest BCUT2D eigenvalue weighted by atomic mass is 10.0. The van der Waals surface area contributed by atoms with Crippen LogP contribution in [0.15, 0.2) is 90.3 Å². The number of benzene rings is 3. The highest BCUT2D eigenvalue weighted by atomic mass is 32.1. The molecular formula is C26H22N4O5S. The van der Waals surface area contributed by atoms with Crippen LogP contribution >= 0.6 is 11.3 Å². The molecule has 0 aliphatic heterocycles. The van der Waals surface area contributed by atoms with E-state index >= 15 is 0 Å². The molecule has 0 saturated heterocycles. The summed E-state index contributed by atoms with van der Waals surface area (Å²) in [5, 5.41) is 18.5. The number of non-ortho nitro benzene ring substituents is 1. The number of rotatable bonds is 9. The lowest BCUT2D eigenvalue weighted by Gasteiger charge is -2.18. The van der Waals surface area contributed by atoms with Crippen LogP contribution in [0.4, 0.5) is 15.6 Å². The Labute approximate surface area is 210 Å². The molecule has 0 saturated carbocycles. The minimum absolute atomic E-state index is 0.0471. The summed E-state index contributed by atoms with van der Waals surface area (Å²) < 4.78 is 5.28. The molecule has 0 fully saturated rings. The van der Waals surface area contributed by atoms with Gasteiger partial charge in [0.1, 0.15) is 12.6 Å². The lowest BCUT2D eigenvalue weighted by molar-refractivity contribution is -0.384. The predicted octanol–water partition coefficient (Wildman–Crippen LogP) is 5.19. The Kier molecular flexibility index (Phi) is 7.99. The van der Waals surface area contributed by atoms with Crippen molar-refractivity contribution < 1.29 is 19.2 Å². The zero-order valence-electron chi connectivity index (χ0n) is 19.0. The van der Waals surface area contributed by atoms with Gasteiger partial charge < -0.3 is 15.4 Å². The van der Waals surface area contributed by atoms with Gasteiger partial charge in [-0.2, -0.15) is 0 Å². The van der Waals surface area contributed by atoms with Crippen molar-refractivity contribution in [3.05, 3.63) is 112 Å². The van der Waals surface area contributed by atoms with Crippen molar-refractivity contribution >= 4 is 34.2 Å². The standard InChI is InChI=1S/C26H22N4O5S/c31-24(29-25-27-23(17-36-25)20-9-5-2-6-10-20)22(15-18-11-13-21(14-12-18)30(33)34)28-26(32)35-16-19-7-3-1-4-8-19/h1-14,17,22H,15-16H2,(H,28,32)(H,27,29,31)/t22-/m1/s1. The highest BCUT2D eigenvalue weighted by Crippen LogP contribution is 2.25. The van der Waals surface area contributed by atoms with E-state index in [0.717, 1.165) is 16.8 Å². The van der Waals surface area contributed by atoms with Crippen molar-refractivity contribution in [3.8, 4) is 11.3 Å². The average Bonchev–Trinajstić information content (AvgIpc) is 3.37. The normalized spacial score (nSPS) is 11.3. The number of carbonyl (C=O) groups excluding carboxylic acids is 2. The summed E-state index contributed by atoms with van der Waals surface area (Å²) in [6.07, 6.45) is -0.661. The van der Waals surface area contributed by atoms with E-state index < -0.39 is 23.0 Å². The number of carbonyl (C=O) groups is 2. The molecule has 0 aliphatic carbocycles. The Morgan fingerprint density at radius 3 is 2.28 bits per heavy atom. The quantitative estimate of drug-likeness (QED) is 0.240. The van der Waals surface area contributed by atoms with Crippen LogP contribution in [0.25, 0.3) is 11.3 Å². The second-order valence-corrected chi connectivity index (χ2v) is 8.64. The molecule has 3 aromatic carbocycles. The minimum Gasteiger partial charge on any atom is -0.445 e. The number of hydrogen-bond donors (Lipinski definition) is 2. The summed E-state index contributed by atoms with van der Waals surface area (Å²) in [5.74, 6) is -0.487. The Balaban J connectivity index is 1.46. The Hall–Kier alpha value is -4.57. The maximum Gasteiger partial charge on any atom is 0.408 e. The number of aromatic nitrogens is 1. The molecule has 4 rings (SSSR count). The summed E-state index contributed by atoms with van der Waals surface area (Å²) in [4.78, 5) is 40.5. The molecule has 4 aromatic rings. The molecule has 1 atom stereocenters. The number of alkyl carbamates (subject to hydrolysis) is 1. The topological polar surface area (TPSA) is 123 Å². The molecule has 2 N–H and O–H groups in total. The van der Waals surface area contributed by atoms with E-state index in [0.29, 0.717) is 10.7 Å². The number of nitrogens with zero attached hydrogens (tertiary/aromatic N) is 2. The molecule has 1 aromatic heterocycles. The highest BCUT2D eigenvalue weighted by Gasteiger charge is 2.24. The van der Waals surface area contributed by atoms with Gasteiger partial charge in [-0.1, -0.05) is 72.8 Å². The first-order valence-electron chi connectivity index (χ1n) is 11.0. The second-order valence-electron chi connectivity index (χ2n) is 7.78. The van der Waals surface area contributed by atoms with Gasteiger partial charge in [-0.3, -0.25) is 14.9 Å². The van der Waals surface area contributed by atoms with Crippen molar-refractivity contribution in [3.63, 3.8) is 0 Å². The van der Waals surface area contributed by atoms with E-state index in [1.807, 2.05) is 66.0 Å². The van der Waals surface area contributed by atoms with Crippen molar-refractivity contribution in [2.45, 2.75) is 19.1 Å². The zero-order valence-corrected chi connectivity index (χ0v) is 19.8. The first-order chi connectivity index (χ1) is 17.5. The average molecular weight is 503 g/mol. The Morgan fingerprint density at radius 1 is 0.944 bits per heavy atom. The SMILES string of the molecule is O=C(N[C@H](Cc1ccc([N+](=O)[O-])cc1)C(=O)Nc1nc(-c2ccccc2)cs1)OCc1ccccc1. The van der Waals surface area contributed by atoms with Crippen molar-refractivity contribution in [1.82, 2.24) is 10.3 Å². The first kappa shape index (κ1) is 24.6. The second kappa shape index (κ2) is 11.7. The summed E-state index contributed by atoms with van der Waals surface area (Å²) in [6.45, 7) is 0.0471. The third-order valence-corrected chi connectivity index (χ3v) is 5.97. The van der Waals surface area contributed by atoms with E-state index in [2.05, 4.69) is 15.6 Å². The molecule has 182 valence electrons. The smallest absolute Gasteiger partial charge is 0.408 e. The fraction of sp³-hybridized carbons (Fsp3) is 0.115. The molecule has 0 aliphatic rings. The Bertz CT molecular complexity index is 1330. The molecule has 36 heavy (non-hydrogen) atoms. The van der Waals surface area contributed by atoms with Gasteiger partial charge in [-0.05, 0) is 11.1 Å². The number of anilines is 1. The maximum atomic E-state index is 13.1. The van der Waals surface area contributed by atoms with E-state index in [1.54, 1.807) is 12.1 Å². The Morgan fingerprint density at radius 2 is 1.61 bits per heavy atom. The molecule has 0 spiro atoms. The van der Waals surface area contributed by atoms with E-state index in [4.69, 9.17) is 4.74 Å². The van der Waals surface area contributed by atoms with Gasteiger partial charge >= 0.3 is 6.09 Å². The highest BCUT2D eigenvalue weighted by molar-refractivity contribution is 7.14. The summed E-state index contributed by atoms with van der Waals surface area (Å²) >= 11 is 1.27. The van der Waals surface area contributed by atoms with Gasteiger partial charge in [-0.25, -0.2) is 9.78 Å². The van der Waals surface area contributed by atoms with Gasteiger partial charge in [-0.15, -0.1) is 11.3 Å². The number of ether oxygens (including phenoxy) is 1. The summed E-state index contributed by atoms with van der Waals surface area (Å²) in [7, 11) is 0. The van der Waals surface area contributed by atoms with Gasteiger partial charge in [0.15, 0.2) is 5.13 Å². The van der Waals surface area contributed by atoms with Crippen LogP contribution in [-0.4, -0.2) is 27.9 Å². The number of nitro groups is 1. The number of nitrogens with one attached hydrogen (secondary N) is 2. The van der Waals surface area contributed by atoms with E-state index in [1.165, 1.54) is 23.5 Å². The molecule has 1 heterocycles. The van der Waals surface area contributed by atoms with Gasteiger partial charge in [0, 0.05) is 29.5 Å². The van der Waals surface area contributed by atoms with Crippen LogP contribution in [0.3, 0.4) is 0 Å². The number of hydrogen-bond acceptors (Lipinski definition) is 7. The molecule has 0 unspecified atom stereocenters. The van der Waals surface area contributed by atoms with Crippen molar-refractivity contribution in [2.24, 2.45) is 0 Å². The van der Waals surface area contributed by atoms with Gasteiger partial charge in [0.25, 0.3) is 5.69 Å². The van der Waals surface area contributed by atoms with Crippen LogP contribution in [0.1, 0.15) is 11.1 Å². The maximum absolute atomic E-state index is 13.1. The van der Waals surface area contributed by atoms with Crippen molar-refractivity contribution in [1.29, 1.82) is 0 Å². The fourth-order valence-electron chi connectivity index (χ4n) is 3.37.